The Labute approximate surface area is 216 Å². The molecule has 5 nitrogen and oxygen atoms in total. The number of rotatable bonds is 2. The number of aliphatic hydroxyl groups is 3. The smallest absolute Gasteiger partial charge is 0.186 e. The van der Waals surface area contributed by atoms with Gasteiger partial charge in [-0.3, -0.25) is 0 Å². The van der Waals surface area contributed by atoms with Crippen LogP contribution in [0.4, 0.5) is 0 Å². The summed E-state index contributed by atoms with van der Waals surface area (Å²) >= 11 is 2.03. The van der Waals surface area contributed by atoms with E-state index >= 15 is 0 Å². The number of aliphatic hydroxyl groups excluding tert-OH is 3. The third-order valence-corrected chi connectivity index (χ3v) is 2.92. The molecule has 1 aliphatic heterocycles. The van der Waals surface area contributed by atoms with E-state index < -0.39 is 30.7 Å². The van der Waals surface area contributed by atoms with Crippen molar-refractivity contribution in [1.82, 2.24) is 0 Å². The second-order valence-electron chi connectivity index (χ2n) is 2.90. The van der Waals surface area contributed by atoms with Crippen LogP contribution in [-0.2, 0) is 9.47 Å². The van der Waals surface area contributed by atoms with Crippen LogP contribution in [0.5, 0.6) is 0 Å². The largest absolute Gasteiger partial charge is 0.388 e. The third-order valence-electron chi connectivity index (χ3n) is 2.05. The van der Waals surface area contributed by atoms with Crippen molar-refractivity contribution in [3.05, 3.63) is 0 Å². The Morgan fingerprint density at radius 3 is 1.94 bits per heavy atom. The predicted octanol–water partition coefficient (Wildman–Crippen LogP) is -1.12. The summed E-state index contributed by atoms with van der Waals surface area (Å²) in [4.78, 5) is 0. The molecule has 5 unspecified atom stereocenters. The molecule has 0 saturated carbocycles. The SMILES string of the molecule is COC1OC(CI)C(O)C(O)C1O.[Ac].[Ac].[Ac]. The zero-order valence-electron chi connectivity index (χ0n) is 8.86. The fraction of sp³-hybridized carbons (Fsp3) is 1.00. The molecule has 9 heteroatoms. The molecule has 3 radical (unpaired) electrons. The van der Waals surface area contributed by atoms with E-state index in [1.165, 1.54) is 7.11 Å². The average Bonchev–Trinajstić information content (AvgIpc) is 2.15. The average molecular weight is 985 g/mol. The first kappa shape index (κ1) is 25.8. The van der Waals surface area contributed by atoms with Crippen molar-refractivity contribution in [1.29, 1.82) is 0 Å². The van der Waals surface area contributed by atoms with Gasteiger partial charge in [0.05, 0.1) is 6.10 Å². The van der Waals surface area contributed by atoms with Crippen molar-refractivity contribution >= 4 is 22.6 Å². The monoisotopic (exact) mass is 985 g/mol. The Hall–Kier alpha value is 4.85. The molecule has 1 rings (SSSR count). The van der Waals surface area contributed by atoms with Gasteiger partial charge in [-0.15, -0.1) is 0 Å². The third kappa shape index (κ3) is 7.22. The van der Waals surface area contributed by atoms with Gasteiger partial charge in [-0.25, -0.2) is 0 Å². The molecule has 1 aliphatic rings. The molecule has 3 N–H and O–H groups in total. The van der Waals surface area contributed by atoms with Crippen LogP contribution in [0.2, 0.25) is 0 Å². The number of hydrogen-bond donors (Lipinski definition) is 3. The van der Waals surface area contributed by atoms with Crippen molar-refractivity contribution in [2.45, 2.75) is 30.7 Å². The van der Waals surface area contributed by atoms with E-state index in [2.05, 4.69) is 0 Å². The van der Waals surface area contributed by atoms with Crippen LogP contribution >= 0.6 is 22.6 Å². The Morgan fingerprint density at radius 1 is 1.06 bits per heavy atom. The summed E-state index contributed by atoms with van der Waals surface area (Å²) in [5.41, 5.74) is 0. The number of alkyl halides is 1. The molecule has 0 aliphatic carbocycles. The molecule has 0 spiro atoms. The van der Waals surface area contributed by atoms with E-state index in [-0.39, 0.29) is 132 Å². The number of halogens is 1. The van der Waals surface area contributed by atoms with Crippen molar-refractivity contribution in [3.8, 4) is 0 Å². The van der Waals surface area contributed by atoms with Crippen molar-refractivity contribution in [2.75, 3.05) is 11.5 Å². The van der Waals surface area contributed by atoms with E-state index in [9.17, 15) is 15.3 Å². The van der Waals surface area contributed by atoms with Crippen LogP contribution in [0, 0.1) is 132 Å². The molecule has 87 valence electrons. The summed E-state index contributed by atoms with van der Waals surface area (Å²) in [6.45, 7) is 0. The second-order valence-corrected chi connectivity index (χ2v) is 3.79. The van der Waals surface area contributed by atoms with Crippen LogP contribution < -0.4 is 0 Å². The minimum absolute atomic E-state index is 0. The summed E-state index contributed by atoms with van der Waals surface area (Å²) in [6.07, 6.45) is -4.82. The molecule has 16 heavy (non-hydrogen) atoms. The Morgan fingerprint density at radius 2 is 1.56 bits per heavy atom. The van der Waals surface area contributed by atoms with E-state index in [1.54, 1.807) is 0 Å². The predicted molar refractivity (Wildman–Crippen MR) is 52.6 cm³/mol. The van der Waals surface area contributed by atoms with Crippen LogP contribution in [-0.4, -0.2) is 57.6 Å². The van der Waals surface area contributed by atoms with Gasteiger partial charge in [-0.2, -0.15) is 0 Å². The first-order chi connectivity index (χ1) is 6.11. The zero-order chi connectivity index (χ0) is 10.0. The van der Waals surface area contributed by atoms with Gasteiger partial charge in [0.15, 0.2) is 6.29 Å². The standard InChI is InChI=1S/C7H13IO5.3Ac/c1-12-7-6(11)5(10)4(9)3(2-8)13-7;;;/h3-7,9-11H,2H2,1H3;;;. The van der Waals surface area contributed by atoms with E-state index in [4.69, 9.17) is 9.47 Å². The molecule has 1 fully saturated rings. The van der Waals surface area contributed by atoms with Crippen LogP contribution in [0.3, 0.4) is 0 Å². The van der Waals surface area contributed by atoms with E-state index in [0.717, 1.165) is 0 Å². The van der Waals surface area contributed by atoms with Crippen molar-refractivity contribution < 1.29 is 157 Å². The zero-order valence-corrected chi connectivity index (χ0v) is 25.3. The van der Waals surface area contributed by atoms with Gasteiger partial charge in [0.2, 0.25) is 0 Å². The number of methoxy groups -OCH3 is 1. The van der Waals surface area contributed by atoms with Gasteiger partial charge in [-0.1, -0.05) is 22.6 Å². The summed E-state index contributed by atoms with van der Waals surface area (Å²) in [6, 6.07) is 0. The van der Waals surface area contributed by atoms with Gasteiger partial charge in [0, 0.05) is 144 Å². The molecule has 1 heterocycles. The van der Waals surface area contributed by atoms with Crippen LogP contribution in [0.1, 0.15) is 0 Å². The Kier molecular flexibility index (Phi) is 21.8. The van der Waals surface area contributed by atoms with Gasteiger partial charge >= 0.3 is 0 Å². The Bertz CT molecular complexity index is 158. The molecule has 5 atom stereocenters. The molecule has 1 saturated heterocycles. The molecule has 0 bridgehead atoms. The Balaban J connectivity index is -0.000000563. The normalized spacial score (nSPS) is 37.7. The second kappa shape index (κ2) is 13.5. The maximum Gasteiger partial charge on any atom is 0.186 e. The quantitative estimate of drug-likeness (QED) is 0.242. The molecule has 0 aromatic rings. The van der Waals surface area contributed by atoms with E-state index in [1.807, 2.05) is 22.6 Å². The number of hydrogen-bond acceptors (Lipinski definition) is 5. The van der Waals surface area contributed by atoms with E-state index in [0.29, 0.717) is 4.43 Å². The first-order valence-corrected chi connectivity index (χ1v) is 5.42. The molecular formula is C7H13Ac3IO5. The minimum Gasteiger partial charge on any atom is -0.388 e. The summed E-state index contributed by atoms with van der Waals surface area (Å²) in [5.74, 6) is 0. The van der Waals surface area contributed by atoms with Crippen molar-refractivity contribution in [3.63, 3.8) is 0 Å². The fourth-order valence-electron chi connectivity index (χ4n) is 1.24. The molecule has 0 aromatic heterocycles. The maximum absolute atomic E-state index is 9.43. The van der Waals surface area contributed by atoms with Gasteiger partial charge < -0.3 is 24.8 Å². The summed E-state index contributed by atoms with van der Waals surface area (Å²) < 4.78 is 10.5. The fourth-order valence-corrected chi connectivity index (χ4v) is 1.97. The molecule has 0 amide bonds. The maximum atomic E-state index is 9.43. The van der Waals surface area contributed by atoms with Crippen LogP contribution in [0.15, 0.2) is 0 Å². The molecular weight excluding hydrogens is 972 g/mol. The summed E-state index contributed by atoms with van der Waals surface area (Å²) in [5, 5.41) is 28.2. The molecule has 0 aromatic carbocycles. The minimum atomic E-state index is -1.21. The van der Waals surface area contributed by atoms with Crippen molar-refractivity contribution in [2.24, 2.45) is 0 Å². The van der Waals surface area contributed by atoms with Crippen LogP contribution in [0.25, 0.3) is 0 Å². The number of ether oxygens (including phenoxy) is 2. The first-order valence-electron chi connectivity index (χ1n) is 3.90. The summed E-state index contributed by atoms with van der Waals surface area (Å²) in [7, 11) is 1.38. The topological polar surface area (TPSA) is 79.2 Å². The van der Waals surface area contributed by atoms with Gasteiger partial charge in [0.1, 0.15) is 18.3 Å². The van der Waals surface area contributed by atoms with Gasteiger partial charge in [-0.05, 0) is 0 Å². The van der Waals surface area contributed by atoms with Gasteiger partial charge in [0.25, 0.3) is 0 Å².